The maximum absolute atomic E-state index is 5.84. The second kappa shape index (κ2) is 5.85. The predicted molar refractivity (Wildman–Crippen MR) is 81.3 cm³/mol. The average Bonchev–Trinajstić information content (AvgIpc) is 2.93. The van der Waals surface area contributed by atoms with Crippen LogP contribution in [0.1, 0.15) is 48.5 Å². The topological polar surface area (TPSA) is 38.9 Å². The lowest BCUT2D eigenvalue weighted by Gasteiger charge is -2.22. The Morgan fingerprint density at radius 2 is 1.89 bits per heavy atom. The van der Waals surface area contributed by atoms with Crippen molar-refractivity contribution in [2.45, 2.75) is 44.6 Å². The molecule has 3 rings (SSSR count). The lowest BCUT2D eigenvalue weighted by molar-refractivity contribution is 0.445. The lowest BCUT2D eigenvalue weighted by atomic mass is 9.83. The van der Waals surface area contributed by atoms with E-state index in [-0.39, 0.29) is 0 Å². The van der Waals surface area contributed by atoms with Gasteiger partial charge in [0.05, 0.1) is 0 Å². The average molecular weight is 272 g/mol. The van der Waals surface area contributed by atoms with Gasteiger partial charge in [-0.25, -0.2) is 0 Å². The minimum Gasteiger partial charge on any atom is -0.326 e. The molecule has 0 bridgehead atoms. The molecule has 3 heteroatoms. The van der Waals surface area contributed by atoms with E-state index in [9.17, 15) is 0 Å². The highest BCUT2D eigenvalue weighted by atomic mass is 32.1. The number of nitrogens with two attached hydrogens (primary N) is 1. The molecule has 19 heavy (non-hydrogen) atoms. The molecule has 2 nitrogen and oxygen atoms in total. The molecule has 1 aliphatic rings. The Kier molecular flexibility index (Phi) is 3.95. The van der Waals surface area contributed by atoms with E-state index in [1.807, 2.05) is 23.7 Å². The molecule has 0 aromatic carbocycles. The second-order valence-electron chi connectivity index (χ2n) is 5.27. The van der Waals surface area contributed by atoms with Crippen LogP contribution >= 0.6 is 11.3 Å². The summed E-state index contributed by atoms with van der Waals surface area (Å²) in [6, 6.07) is 6.56. The highest BCUT2D eigenvalue weighted by Gasteiger charge is 2.21. The molecule has 0 saturated heterocycles. The van der Waals surface area contributed by atoms with E-state index in [1.165, 1.54) is 53.0 Å². The van der Waals surface area contributed by atoms with Crippen molar-refractivity contribution in [1.29, 1.82) is 0 Å². The molecule has 0 atom stereocenters. The van der Waals surface area contributed by atoms with Gasteiger partial charge in [0.2, 0.25) is 0 Å². The van der Waals surface area contributed by atoms with Crippen LogP contribution in [0.15, 0.2) is 30.6 Å². The molecule has 2 aromatic rings. The molecule has 0 amide bonds. The highest BCUT2D eigenvalue weighted by Crippen LogP contribution is 2.42. The first-order valence-electron chi connectivity index (χ1n) is 7.11. The summed E-state index contributed by atoms with van der Waals surface area (Å²) in [7, 11) is 0. The van der Waals surface area contributed by atoms with E-state index in [2.05, 4.69) is 23.2 Å². The fraction of sp³-hybridized carbons (Fsp3) is 0.438. The van der Waals surface area contributed by atoms with Crippen LogP contribution < -0.4 is 5.73 Å². The van der Waals surface area contributed by atoms with E-state index in [0.29, 0.717) is 6.54 Å². The van der Waals surface area contributed by atoms with Gasteiger partial charge in [-0.3, -0.25) is 4.98 Å². The molecule has 100 valence electrons. The normalized spacial score (nSPS) is 16.7. The molecule has 2 heterocycles. The van der Waals surface area contributed by atoms with Gasteiger partial charge in [0.15, 0.2) is 0 Å². The number of hydrogen-bond acceptors (Lipinski definition) is 3. The molecular formula is C16H20N2S. The Morgan fingerprint density at radius 1 is 1.16 bits per heavy atom. The van der Waals surface area contributed by atoms with Gasteiger partial charge >= 0.3 is 0 Å². The van der Waals surface area contributed by atoms with Gasteiger partial charge in [-0.2, -0.15) is 0 Å². The van der Waals surface area contributed by atoms with Crippen molar-refractivity contribution in [1.82, 2.24) is 4.98 Å². The number of aromatic nitrogens is 1. The third-order valence-corrected chi connectivity index (χ3v) is 5.22. The number of pyridine rings is 1. The first-order valence-corrected chi connectivity index (χ1v) is 7.93. The quantitative estimate of drug-likeness (QED) is 0.904. The van der Waals surface area contributed by atoms with Gasteiger partial charge in [-0.05, 0) is 48.1 Å². The van der Waals surface area contributed by atoms with E-state index < -0.39 is 0 Å². The van der Waals surface area contributed by atoms with Gasteiger partial charge in [0.25, 0.3) is 0 Å². The van der Waals surface area contributed by atoms with Crippen molar-refractivity contribution in [3.63, 3.8) is 0 Å². The number of thiophene rings is 1. The summed E-state index contributed by atoms with van der Waals surface area (Å²) in [4.78, 5) is 6.83. The molecule has 0 radical (unpaired) electrons. The van der Waals surface area contributed by atoms with Crippen molar-refractivity contribution in [3.05, 3.63) is 41.0 Å². The van der Waals surface area contributed by atoms with Crippen LogP contribution in [-0.4, -0.2) is 4.98 Å². The molecule has 1 aliphatic carbocycles. The Balaban J connectivity index is 2.00. The minimum absolute atomic E-state index is 0.648. The van der Waals surface area contributed by atoms with Crippen molar-refractivity contribution >= 4 is 11.3 Å². The predicted octanol–water partition coefficient (Wildman–Crippen LogP) is 4.32. The molecule has 1 fully saturated rings. The summed E-state index contributed by atoms with van der Waals surface area (Å²) in [6.45, 7) is 0.648. The van der Waals surface area contributed by atoms with Gasteiger partial charge in [-0.15, -0.1) is 11.3 Å². The smallest absolute Gasteiger partial charge is 0.0382 e. The first-order chi connectivity index (χ1) is 9.38. The van der Waals surface area contributed by atoms with Crippen molar-refractivity contribution < 1.29 is 0 Å². The Hall–Kier alpha value is -1.19. The monoisotopic (exact) mass is 272 g/mol. The molecule has 0 unspecified atom stereocenters. The summed E-state index contributed by atoms with van der Waals surface area (Å²) >= 11 is 1.85. The van der Waals surface area contributed by atoms with E-state index in [0.717, 1.165) is 5.92 Å². The zero-order chi connectivity index (χ0) is 13.1. The summed E-state index contributed by atoms with van der Waals surface area (Å²) in [5.74, 6) is 0.730. The molecule has 2 N–H and O–H groups in total. The first kappa shape index (κ1) is 12.8. The van der Waals surface area contributed by atoms with E-state index in [4.69, 9.17) is 5.73 Å². The number of hydrogen-bond donors (Lipinski definition) is 1. The maximum atomic E-state index is 5.84. The standard InChI is InChI=1S/C16H20N2S/c17-11-14-10-15(12-4-2-1-3-5-12)16(19-14)13-6-8-18-9-7-13/h6-10,12H,1-5,11,17H2. The maximum Gasteiger partial charge on any atom is 0.0382 e. The molecule has 0 aliphatic heterocycles. The summed E-state index contributed by atoms with van der Waals surface area (Å²) in [6.07, 6.45) is 10.6. The van der Waals surface area contributed by atoms with E-state index in [1.54, 1.807) is 0 Å². The van der Waals surface area contributed by atoms with Crippen LogP contribution in [0.3, 0.4) is 0 Å². The van der Waals surface area contributed by atoms with Crippen molar-refractivity contribution in [2.75, 3.05) is 0 Å². The molecule has 1 saturated carbocycles. The second-order valence-corrected chi connectivity index (χ2v) is 6.41. The van der Waals surface area contributed by atoms with Crippen LogP contribution in [0.5, 0.6) is 0 Å². The molecule has 2 aromatic heterocycles. The third kappa shape index (κ3) is 2.72. The molecular weight excluding hydrogens is 252 g/mol. The fourth-order valence-electron chi connectivity index (χ4n) is 3.00. The fourth-order valence-corrected chi connectivity index (χ4v) is 4.13. The van der Waals surface area contributed by atoms with Gasteiger partial charge in [0.1, 0.15) is 0 Å². The SMILES string of the molecule is NCc1cc(C2CCCCC2)c(-c2ccncc2)s1. The van der Waals surface area contributed by atoms with Crippen LogP contribution in [0, 0.1) is 0 Å². The van der Waals surface area contributed by atoms with Crippen LogP contribution in [0.2, 0.25) is 0 Å². The van der Waals surface area contributed by atoms with Gasteiger partial charge < -0.3 is 5.73 Å². The highest BCUT2D eigenvalue weighted by molar-refractivity contribution is 7.15. The summed E-state index contributed by atoms with van der Waals surface area (Å²) in [5.41, 5.74) is 8.65. The zero-order valence-electron chi connectivity index (χ0n) is 11.1. The van der Waals surface area contributed by atoms with Gasteiger partial charge in [-0.1, -0.05) is 19.3 Å². The summed E-state index contributed by atoms with van der Waals surface area (Å²) in [5, 5.41) is 0. The Bertz CT molecular complexity index is 527. The number of rotatable bonds is 3. The Morgan fingerprint density at radius 3 is 2.58 bits per heavy atom. The Labute approximate surface area is 118 Å². The van der Waals surface area contributed by atoms with Crippen LogP contribution in [0.25, 0.3) is 10.4 Å². The van der Waals surface area contributed by atoms with Crippen LogP contribution in [-0.2, 0) is 6.54 Å². The number of nitrogens with zero attached hydrogens (tertiary/aromatic N) is 1. The van der Waals surface area contributed by atoms with E-state index >= 15 is 0 Å². The van der Waals surface area contributed by atoms with Crippen LogP contribution in [0.4, 0.5) is 0 Å². The van der Waals surface area contributed by atoms with Gasteiger partial charge in [0, 0.05) is 28.7 Å². The lowest BCUT2D eigenvalue weighted by Crippen LogP contribution is -2.04. The largest absolute Gasteiger partial charge is 0.326 e. The van der Waals surface area contributed by atoms with Crippen molar-refractivity contribution in [3.8, 4) is 10.4 Å². The summed E-state index contributed by atoms with van der Waals surface area (Å²) < 4.78 is 0. The van der Waals surface area contributed by atoms with Crippen molar-refractivity contribution in [2.24, 2.45) is 5.73 Å². The third-order valence-electron chi connectivity index (χ3n) is 4.00. The minimum atomic E-state index is 0.648. The zero-order valence-corrected chi connectivity index (χ0v) is 12.0. The molecule has 0 spiro atoms.